The molecule has 0 saturated carbocycles. The van der Waals surface area contributed by atoms with Gasteiger partial charge in [-0.25, -0.2) is 0 Å². The number of hydrogen-bond donors (Lipinski definition) is 1. The van der Waals surface area contributed by atoms with Crippen LogP contribution in [-0.2, 0) is 6.42 Å². The monoisotopic (exact) mass is 177 g/mol. The summed E-state index contributed by atoms with van der Waals surface area (Å²) in [4.78, 5) is 9.95. The Morgan fingerprint density at radius 1 is 1.62 bits per heavy atom. The molecule has 0 aliphatic carbocycles. The zero-order valence-electron chi connectivity index (χ0n) is 6.73. The second-order valence-electron chi connectivity index (χ2n) is 2.48. The number of nitrogens with two attached hydrogens (primary N) is 1. The van der Waals surface area contributed by atoms with Crippen molar-refractivity contribution in [2.45, 2.75) is 6.42 Å². The van der Waals surface area contributed by atoms with E-state index in [1.54, 1.807) is 6.07 Å². The highest BCUT2D eigenvalue weighted by atomic mass is 16.6. The summed E-state index contributed by atoms with van der Waals surface area (Å²) in [5, 5.41) is 18.9. The van der Waals surface area contributed by atoms with Gasteiger partial charge in [0, 0.05) is 17.3 Å². The number of nitrogen functional groups attached to an aromatic ring is 1. The van der Waals surface area contributed by atoms with Gasteiger partial charge in [-0.3, -0.25) is 10.1 Å². The third kappa shape index (κ3) is 1.93. The molecule has 13 heavy (non-hydrogen) atoms. The van der Waals surface area contributed by atoms with Gasteiger partial charge < -0.3 is 5.73 Å². The summed E-state index contributed by atoms with van der Waals surface area (Å²) in [7, 11) is 0. The Morgan fingerprint density at radius 3 is 2.85 bits per heavy atom. The average molecular weight is 177 g/mol. The quantitative estimate of drug-likeness (QED) is 0.417. The van der Waals surface area contributed by atoms with Crippen LogP contribution in [0, 0.1) is 21.4 Å². The van der Waals surface area contributed by atoms with Crippen molar-refractivity contribution < 1.29 is 4.92 Å². The lowest BCUT2D eigenvalue weighted by Gasteiger charge is -1.98. The molecule has 2 N–H and O–H groups in total. The fraction of sp³-hybridized carbons (Fsp3) is 0.125. The lowest BCUT2D eigenvalue weighted by Crippen LogP contribution is -1.96. The highest BCUT2D eigenvalue weighted by Gasteiger charge is 2.12. The van der Waals surface area contributed by atoms with E-state index in [-0.39, 0.29) is 12.1 Å². The van der Waals surface area contributed by atoms with Crippen LogP contribution in [-0.4, -0.2) is 4.92 Å². The molecule has 0 atom stereocenters. The van der Waals surface area contributed by atoms with Crippen LogP contribution in [0.15, 0.2) is 18.2 Å². The Labute approximate surface area is 74.5 Å². The first-order valence-corrected chi connectivity index (χ1v) is 3.55. The molecule has 5 nitrogen and oxygen atoms in total. The average Bonchev–Trinajstić information content (AvgIpc) is 2.08. The maximum atomic E-state index is 10.5. The molecule has 0 heterocycles. The fourth-order valence-corrected chi connectivity index (χ4v) is 0.985. The van der Waals surface area contributed by atoms with Crippen LogP contribution < -0.4 is 5.73 Å². The van der Waals surface area contributed by atoms with Gasteiger partial charge in [-0.1, -0.05) is 0 Å². The van der Waals surface area contributed by atoms with E-state index in [1.165, 1.54) is 12.1 Å². The van der Waals surface area contributed by atoms with Crippen molar-refractivity contribution in [3.8, 4) is 6.07 Å². The van der Waals surface area contributed by atoms with Crippen LogP contribution in [0.25, 0.3) is 0 Å². The Bertz CT molecular complexity index is 381. The number of hydrogen-bond acceptors (Lipinski definition) is 4. The van der Waals surface area contributed by atoms with Gasteiger partial charge in [-0.2, -0.15) is 5.26 Å². The van der Waals surface area contributed by atoms with Crippen LogP contribution in [0.1, 0.15) is 5.56 Å². The fourth-order valence-electron chi connectivity index (χ4n) is 0.985. The van der Waals surface area contributed by atoms with E-state index in [0.717, 1.165) is 0 Å². The molecule has 0 fully saturated rings. The number of nitro groups is 1. The minimum absolute atomic E-state index is 0.0244. The maximum absolute atomic E-state index is 10.5. The van der Waals surface area contributed by atoms with Crippen molar-refractivity contribution in [3.05, 3.63) is 33.9 Å². The third-order valence-electron chi connectivity index (χ3n) is 1.58. The zero-order chi connectivity index (χ0) is 9.84. The first kappa shape index (κ1) is 9.00. The molecule has 5 heteroatoms. The number of nitro benzene ring substituents is 1. The summed E-state index contributed by atoms with van der Waals surface area (Å²) in [5.74, 6) is 0. The van der Waals surface area contributed by atoms with Crippen molar-refractivity contribution in [1.29, 1.82) is 5.26 Å². The van der Waals surface area contributed by atoms with E-state index >= 15 is 0 Å². The van der Waals surface area contributed by atoms with Crippen molar-refractivity contribution in [2.24, 2.45) is 0 Å². The predicted octanol–water partition coefficient (Wildman–Crippen LogP) is 1.24. The van der Waals surface area contributed by atoms with Crippen LogP contribution in [0.4, 0.5) is 11.4 Å². The van der Waals surface area contributed by atoms with E-state index in [0.29, 0.717) is 11.3 Å². The van der Waals surface area contributed by atoms with Crippen molar-refractivity contribution >= 4 is 11.4 Å². The molecule has 0 amide bonds. The highest BCUT2D eigenvalue weighted by molar-refractivity contribution is 5.53. The van der Waals surface area contributed by atoms with Gasteiger partial charge in [-0.15, -0.1) is 0 Å². The number of rotatable bonds is 2. The minimum atomic E-state index is -0.539. The molecule has 1 rings (SSSR count). The molecular weight excluding hydrogens is 170 g/mol. The van der Waals surface area contributed by atoms with E-state index in [2.05, 4.69) is 0 Å². The van der Waals surface area contributed by atoms with E-state index < -0.39 is 4.92 Å². The molecule has 0 aliphatic rings. The minimum Gasteiger partial charge on any atom is -0.399 e. The second kappa shape index (κ2) is 3.54. The molecule has 0 aromatic heterocycles. The lowest BCUT2D eigenvalue weighted by atomic mass is 10.1. The normalized spacial score (nSPS) is 9.15. The largest absolute Gasteiger partial charge is 0.399 e. The molecule has 0 bridgehead atoms. The molecule has 1 aromatic rings. The van der Waals surface area contributed by atoms with Crippen molar-refractivity contribution in [2.75, 3.05) is 5.73 Å². The van der Waals surface area contributed by atoms with Gasteiger partial charge in [0.2, 0.25) is 0 Å². The van der Waals surface area contributed by atoms with E-state index in [4.69, 9.17) is 11.0 Å². The van der Waals surface area contributed by atoms with Gasteiger partial charge in [0.1, 0.15) is 0 Å². The van der Waals surface area contributed by atoms with Gasteiger partial charge in [-0.05, 0) is 12.1 Å². The number of nitriles is 1. The summed E-state index contributed by atoms with van der Waals surface area (Å²) in [6.45, 7) is 0. The summed E-state index contributed by atoms with van der Waals surface area (Å²) in [6, 6.07) is 6.15. The first-order valence-electron chi connectivity index (χ1n) is 3.55. The third-order valence-corrected chi connectivity index (χ3v) is 1.58. The van der Waals surface area contributed by atoms with Crippen molar-refractivity contribution in [3.63, 3.8) is 0 Å². The number of benzene rings is 1. The predicted molar refractivity (Wildman–Crippen MR) is 46.8 cm³/mol. The standard InChI is InChI=1S/C8H7N3O2/c9-4-3-6-1-2-7(10)5-8(6)11(12)13/h1-2,5H,3,10H2. The van der Waals surface area contributed by atoms with E-state index in [9.17, 15) is 10.1 Å². The second-order valence-corrected chi connectivity index (χ2v) is 2.48. The number of nitrogens with zero attached hydrogens (tertiary/aromatic N) is 2. The Balaban J connectivity index is 3.20. The lowest BCUT2D eigenvalue weighted by molar-refractivity contribution is -0.385. The summed E-state index contributed by atoms with van der Waals surface area (Å²) >= 11 is 0. The topological polar surface area (TPSA) is 93.0 Å². The van der Waals surface area contributed by atoms with Crippen molar-refractivity contribution in [1.82, 2.24) is 0 Å². The van der Waals surface area contributed by atoms with Gasteiger partial charge in [0.25, 0.3) is 5.69 Å². The van der Waals surface area contributed by atoms with Crippen LogP contribution in [0.3, 0.4) is 0 Å². The van der Waals surface area contributed by atoms with Crippen LogP contribution >= 0.6 is 0 Å². The molecule has 0 radical (unpaired) electrons. The number of anilines is 1. The smallest absolute Gasteiger partial charge is 0.275 e. The maximum Gasteiger partial charge on any atom is 0.275 e. The Kier molecular flexibility index (Phi) is 2.45. The van der Waals surface area contributed by atoms with E-state index in [1.807, 2.05) is 6.07 Å². The molecule has 0 saturated heterocycles. The molecule has 1 aromatic carbocycles. The molecule has 0 unspecified atom stereocenters. The van der Waals surface area contributed by atoms with Gasteiger partial charge >= 0.3 is 0 Å². The molecule has 0 aliphatic heterocycles. The highest BCUT2D eigenvalue weighted by Crippen LogP contribution is 2.21. The zero-order valence-corrected chi connectivity index (χ0v) is 6.73. The summed E-state index contributed by atoms with van der Waals surface area (Å²) in [5.41, 5.74) is 6.00. The molecular formula is C8H7N3O2. The summed E-state index contributed by atoms with van der Waals surface area (Å²) in [6.07, 6.45) is 0.0244. The SMILES string of the molecule is N#CCc1ccc(N)cc1[N+](=O)[O-]. The molecule has 66 valence electrons. The first-order chi connectivity index (χ1) is 6.15. The molecule has 0 spiro atoms. The van der Waals surface area contributed by atoms with Crippen LogP contribution in [0.5, 0.6) is 0 Å². The van der Waals surface area contributed by atoms with Crippen LogP contribution in [0.2, 0.25) is 0 Å². The van der Waals surface area contributed by atoms with Gasteiger partial charge in [0.05, 0.1) is 17.4 Å². The van der Waals surface area contributed by atoms with Gasteiger partial charge in [0.15, 0.2) is 0 Å². The summed E-state index contributed by atoms with van der Waals surface area (Å²) < 4.78 is 0. The Hall–Kier alpha value is -2.09. The Morgan fingerprint density at radius 2 is 2.31 bits per heavy atom.